The number of hydrogen-bond donors (Lipinski definition) is 1. The first-order valence-electron chi connectivity index (χ1n) is 14.9. The van der Waals surface area contributed by atoms with Crippen molar-refractivity contribution in [1.29, 1.82) is 0 Å². The molecule has 3 aromatic rings. The van der Waals surface area contributed by atoms with E-state index in [2.05, 4.69) is 3.50 Å². The van der Waals surface area contributed by atoms with Crippen LogP contribution < -0.4 is 0 Å². The Hall–Kier alpha value is -2.77. The summed E-state index contributed by atoms with van der Waals surface area (Å²) >= 11 is 1.27. The number of alkyl halides is 12. The van der Waals surface area contributed by atoms with Gasteiger partial charge in [-0.25, -0.2) is 0 Å². The molecule has 0 aliphatic carbocycles. The second-order valence-electron chi connectivity index (χ2n) is 11.7. The van der Waals surface area contributed by atoms with Gasteiger partial charge in [0.05, 0.1) is 0 Å². The molecule has 0 fully saturated rings. The average Bonchev–Trinajstić information content (AvgIpc) is 3.00. The van der Waals surface area contributed by atoms with Gasteiger partial charge >= 0.3 is 213 Å². The molecule has 0 saturated carbocycles. The molecule has 16 heteroatoms. The Bertz CT molecular complexity index is 1590. The van der Waals surface area contributed by atoms with E-state index in [-0.39, 0.29) is 23.6 Å². The summed E-state index contributed by atoms with van der Waals surface area (Å²) in [5.74, 6) is -0.167. The van der Waals surface area contributed by atoms with Crippen LogP contribution >= 0.6 is 0 Å². The Morgan fingerprint density at radius 2 is 1.08 bits per heavy atom. The van der Waals surface area contributed by atoms with Gasteiger partial charge in [0.15, 0.2) is 0 Å². The van der Waals surface area contributed by atoms with Crippen LogP contribution in [0.2, 0.25) is 0 Å². The predicted molar refractivity (Wildman–Crippen MR) is 155 cm³/mol. The van der Waals surface area contributed by atoms with Crippen LogP contribution in [0, 0.1) is 12.8 Å². The standard InChI is InChI=1S/C34H31F12NO2.Mo/c1-20(2)24-16-11-17-25(28(24)47)21(3)49-30(33(41,42)43,34(44,45)46)27-19-10-8-15-23(27)13-6-4-5-12-22-14-7-9-18-26(22)29(48,31(35,36)37)32(38,39)40;/h5-11,14-21,48H,4,12-13H2,1-3H3;/q-2;. The number of benzene rings is 3. The molecule has 0 aliphatic heterocycles. The van der Waals surface area contributed by atoms with Gasteiger partial charge in [0.1, 0.15) is 0 Å². The first-order chi connectivity index (χ1) is 23.0. The Morgan fingerprint density at radius 1 is 0.640 bits per heavy atom. The summed E-state index contributed by atoms with van der Waals surface area (Å²) in [6.45, 7) is 4.62. The normalized spacial score (nSPS) is 14.3. The van der Waals surface area contributed by atoms with Crippen molar-refractivity contribution in [3.8, 4) is 0 Å². The third-order valence-electron chi connectivity index (χ3n) is 8.09. The summed E-state index contributed by atoms with van der Waals surface area (Å²) in [4.78, 5) is 0. The van der Waals surface area contributed by atoms with Crippen molar-refractivity contribution in [1.82, 2.24) is 0 Å². The fourth-order valence-electron chi connectivity index (χ4n) is 5.63. The molecule has 0 spiro atoms. The molecule has 276 valence electrons. The van der Waals surface area contributed by atoms with E-state index in [1.54, 1.807) is 19.9 Å². The molecule has 0 radical (unpaired) electrons. The van der Waals surface area contributed by atoms with E-state index < -0.39 is 77.1 Å². The molecule has 3 nitrogen and oxygen atoms in total. The Kier molecular flexibility index (Phi) is 12.9. The molecule has 1 atom stereocenters. The van der Waals surface area contributed by atoms with Crippen LogP contribution in [-0.4, -0.2) is 29.8 Å². The zero-order valence-electron chi connectivity index (χ0n) is 26.5. The third-order valence-corrected chi connectivity index (χ3v) is 8.54. The van der Waals surface area contributed by atoms with Crippen LogP contribution in [0.4, 0.5) is 58.4 Å². The van der Waals surface area contributed by atoms with Gasteiger partial charge in [0, 0.05) is 5.56 Å². The van der Waals surface area contributed by atoms with Crippen molar-refractivity contribution in [2.45, 2.75) is 88.0 Å². The summed E-state index contributed by atoms with van der Waals surface area (Å²) in [5, 5.41) is 9.86. The molecule has 1 unspecified atom stereocenters. The predicted octanol–water partition coefficient (Wildman–Crippen LogP) is 11.2. The SMILES string of the molecule is CC(C)c1cccc(C(C)OC(c2ccccc2C[CH-]C[CH-]Cc2ccccc2C(O)(C(F)(F)F)C(F)(F)F)(C(F)(F)F)C(F)(F)F)c1[N]=[Mo]. The molecule has 0 heterocycles. The average molecular weight is 810 g/mol. The first-order valence-corrected chi connectivity index (χ1v) is 15.8. The van der Waals surface area contributed by atoms with E-state index in [0.29, 0.717) is 17.7 Å². The van der Waals surface area contributed by atoms with Crippen LogP contribution in [0.15, 0.2) is 70.2 Å². The minimum atomic E-state index is -6.13. The maximum atomic E-state index is 14.9. The Labute approximate surface area is 291 Å². The second kappa shape index (κ2) is 15.5. The van der Waals surface area contributed by atoms with Gasteiger partial charge in [-0.2, -0.15) is 32.8 Å². The summed E-state index contributed by atoms with van der Waals surface area (Å²) in [5.41, 5.74) is -12.9. The van der Waals surface area contributed by atoms with Gasteiger partial charge in [-0.3, -0.25) is 0 Å². The van der Waals surface area contributed by atoms with E-state index >= 15 is 0 Å². The van der Waals surface area contributed by atoms with Crippen molar-refractivity contribution < 1.29 is 82.2 Å². The topological polar surface area (TPSA) is 41.8 Å². The number of rotatable bonds is 13. The number of halogens is 12. The van der Waals surface area contributed by atoms with Gasteiger partial charge in [0.25, 0.3) is 5.60 Å². The molecular weight excluding hydrogens is 778 g/mol. The van der Waals surface area contributed by atoms with Crippen LogP contribution in [0.1, 0.15) is 72.6 Å². The van der Waals surface area contributed by atoms with Crippen LogP contribution in [0.3, 0.4) is 0 Å². The van der Waals surface area contributed by atoms with Gasteiger partial charge in [-0.1, -0.05) is 29.8 Å². The van der Waals surface area contributed by atoms with E-state index in [4.69, 9.17) is 4.74 Å². The molecule has 0 bridgehead atoms. The quantitative estimate of drug-likeness (QED) is 0.0809. The molecular formula is C34H31F12MoNO2-2. The summed E-state index contributed by atoms with van der Waals surface area (Å²) in [7, 11) is 0. The van der Waals surface area contributed by atoms with Crippen LogP contribution in [0.25, 0.3) is 0 Å². The fraction of sp³-hybridized carbons (Fsp3) is 0.412. The van der Waals surface area contributed by atoms with Crippen LogP contribution in [0.5, 0.6) is 0 Å². The number of nitrogens with zero attached hydrogens (tertiary/aromatic N) is 1. The van der Waals surface area contributed by atoms with Crippen molar-refractivity contribution in [3.05, 3.63) is 113 Å². The number of hydrogen-bond acceptors (Lipinski definition) is 3. The van der Waals surface area contributed by atoms with E-state index in [1.165, 1.54) is 50.7 Å². The molecule has 0 aliphatic rings. The Morgan fingerprint density at radius 3 is 1.52 bits per heavy atom. The zero-order chi connectivity index (χ0) is 37.9. The van der Waals surface area contributed by atoms with Gasteiger partial charge in [-0.15, -0.1) is 0 Å². The maximum absolute atomic E-state index is 14.9. The summed E-state index contributed by atoms with van der Waals surface area (Å²) < 4.78 is 179. The monoisotopic (exact) mass is 811 g/mol. The van der Waals surface area contributed by atoms with Crippen LogP contribution in [-0.2, 0) is 48.4 Å². The number of aliphatic hydroxyl groups is 1. The molecule has 3 rings (SSSR count). The number of unbranched alkanes of at least 4 members (excludes halogenated alkanes) is 2. The summed E-state index contributed by atoms with van der Waals surface area (Å²) in [6, 6.07) is 11.7. The van der Waals surface area contributed by atoms with E-state index in [1.807, 2.05) is 0 Å². The molecule has 0 amide bonds. The molecule has 1 N–H and O–H groups in total. The van der Waals surface area contributed by atoms with Crippen molar-refractivity contribution in [3.63, 3.8) is 0 Å². The fourth-order valence-corrected chi connectivity index (χ4v) is 6.14. The van der Waals surface area contributed by atoms with Crippen molar-refractivity contribution in [2.24, 2.45) is 3.50 Å². The van der Waals surface area contributed by atoms with Crippen molar-refractivity contribution in [2.75, 3.05) is 0 Å². The minimum absolute atomic E-state index is 0.00106. The number of ether oxygens (including phenoxy) is 1. The van der Waals surface area contributed by atoms with Gasteiger partial charge in [0.2, 0.25) is 0 Å². The third kappa shape index (κ3) is 8.14. The second-order valence-corrected chi connectivity index (χ2v) is 12.2. The van der Waals surface area contributed by atoms with E-state index in [9.17, 15) is 57.8 Å². The molecule has 0 saturated heterocycles. The Balaban J connectivity index is 1.94. The molecule has 3 aromatic carbocycles. The first kappa shape index (κ1) is 41.6. The summed E-state index contributed by atoms with van der Waals surface area (Å²) in [6.07, 6.45) is -25.0. The zero-order valence-corrected chi connectivity index (χ0v) is 28.5. The van der Waals surface area contributed by atoms with Gasteiger partial charge < -0.3 is 5.11 Å². The van der Waals surface area contributed by atoms with E-state index in [0.717, 1.165) is 37.3 Å². The van der Waals surface area contributed by atoms with Gasteiger partial charge in [-0.05, 0) is 0 Å². The molecule has 0 aromatic heterocycles. The molecule has 50 heavy (non-hydrogen) atoms. The van der Waals surface area contributed by atoms with Crippen molar-refractivity contribution >= 4 is 5.69 Å².